The number of carbonyl (C=O) groups excluding carboxylic acids is 3. The smallest absolute Gasteiger partial charge is 0.306 e. The second-order valence-electron chi connectivity index (χ2n) is 9.81. The van der Waals surface area contributed by atoms with Gasteiger partial charge in [0, 0.05) is 25.2 Å². The van der Waals surface area contributed by atoms with Gasteiger partial charge in [-0.1, -0.05) is 94.7 Å². The van der Waals surface area contributed by atoms with Gasteiger partial charge in [-0.05, 0) is 48.7 Å². The van der Waals surface area contributed by atoms with E-state index in [0.717, 1.165) is 30.4 Å². The van der Waals surface area contributed by atoms with Crippen LogP contribution in [0.25, 0.3) is 0 Å². The Morgan fingerprint density at radius 3 is 2.21 bits per heavy atom. The molecule has 0 bridgehead atoms. The van der Waals surface area contributed by atoms with E-state index in [4.69, 9.17) is 4.74 Å². The SMILES string of the molecule is CCCCCCCCCCCC(=O)N[C@@H](C(=O)N/C=C/CCCC(=O)OCc1ccncc1)c1ccccc1. The zero-order chi connectivity index (χ0) is 28.0. The van der Waals surface area contributed by atoms with Crippen LogP contribution in [-0.2, 0) is 25.7 Å². The van der Waals surface area contributed by atoms with Crippen LogP contribution in [0.4, 0.5) is 0 Å². The Morgan fingerprint density at radius 2 is 1.51 bits per heavy atom. The van der Waals surface area contributed by atoms with Crippen molar-refractivity contribution in [3.05, 3.63) is 78.3 Å². The first-order valence-electron chi connectivity index (χ1n) is 14.4. The maximum absolute atomic E-state index is 12.9. The van der Waals surface area contributed by atoms with Crippen LogP contribution >= 0.6 is 0 Å². The summed E-state index contributed by atoms with van der Waals surface area (Å²) in [5, 5.41) is 5.67. The molecule has 2 aromatic rings. The quantitative estimate of drug-likeness (QED) is 0.145. The van der Waals surface area contributed by atoms with Crippen LogP contribution < -0.4 is 10.6 Å². The molecule has 212 valence electrons. The Morgan fingerprint density at radius 1 is 0.846 bits per heavy atom. The van der Waals surface area contributed by atoms with Crippen LogP contribution in [0.5, 0.6) is 0 Å². The first-order chi connectivity index (χ1) is 19.1. The summed E-state index contributed by atoms with van der Waals surface area (Å²) in [5.41, 5.74) is 1.63. The standard InChI is InChI=1S/C32H45N3O4/c1-2-3-4-5-6-7-8-9-14-19-29(36)35-31(28-17-12-10-13-18-28)32(38)34-23-16-11-15-20-30(37)39-26-27-21-24-33-25-22-27/h10,12-13,16-18,21-25,31H,2-9,11,14-15,19-20,26H2,1H3,(H,34,38)(H,35,36)/b23-16+/t31-/m1/s1. The minimum atomic E-state index is -0.759. The number of hydrogen-bond acceptors (Lipinski definition) is 5. The molecule has 0 radical (unpaired) electrons. The molecule has 2 rings (SSSR count). The highest BCUT2D eigenvalue weighted by Gasteiger charge is 2.21. The van der Waals surface area contributed by atoms with Crippen molar-refractivity contribution in [3.8, 4) is 0 Å². The average Bonchev–Trinajstić information content (AvgIpc) is 2.96. The number of hydrogen-bond donors (Lipinski definition) is 2. The number of unbranched alkanes of at least 4 members (excludes halogenated alkanes) is 9. The topological polar surface area (TPSA) is 97.4 Å². The Bertz CT molecular complexity index is 979. The summed E-state index contributed by atoms with van der Waals surface area (Å²) in [6.07, 6.45) is 19.3. The van der Waals surface area contributed by atoms with E-state index in [0.29, 0.717) is 25.7 Å². The molecule has 0 spiro atoms. The van der Waals surface area contributed by atoms with E-state index in [1.807, 2.05) is 30.3 Å². The first kappa shape index (κ1) is 31.7. The van der Waals surface area contributed by atoms with Crippen molar-refractivity contribution in [1.29, 1.82) is 0 Å². The van der Waals surface area contributed by atoms with E-state index in [9.17, 15) is 14.4 Å². The number of carbonyl (C=O) groups is 3. The molecule has 0 saturated heterocycles. The van der Waals surface area contributed by atoms with Crippen molar-refractivity contribution in [2.75, 3.05) is 0 Å². The van der Waals surface area contributed by atoms with Gasteiger partial charge in [-0.25, -0.2) is 0 Å². The Kier molecular flexibility index (Phi) is 16.7. The van der Waals surface area contributed by atoms with Crippen LogP contribution in [-0.4, -0.2) is 22.8 Å². The third kappa shape index (κ3) is 14.9. The van der Waals surface area contributed by atoms with Crippen molar-refractivity contribution in [2.24, 2.45) is 0 Å². The molecule has 0 fully saturated rings. The molecule has 7 nitrogen and oxygen atoms in total. The minimum absolute atomic E-state index is 0.115. The van der Waals surface area contributed by atoms with Gasteiger partial charge in [0.05, 0.1) is 0 Å². The third-order valence-corrected chi connectivity index (χ3v) is 6.45. The Hall–Kier alpha value is -3.48. The van der Waals surface area contributed by atoms with Crippen molar-refractivity contribution in [2.45, 2.75) is 103 Å². The number of nitrogens with one attached hydrogen (secondary N) is 2. The van der Waals surface area contributed by atoms with Gasteiger partial charge in [0.15, 0.2) is 0 Å². The largest absolute Gasteiger partial charge is 0.461 e. The lowest BCUT2D eigenvalue weighted by Gasteiger charge is -2.18. The van der Waals surface area contributed by atoms with Gasteiger partial charge in [0.25, 0.3) is 5.91 Å². The maximum atomic E-state index is 12.9. The molecule has 1 atom stereocenters. The lowest BCUT2D eigenvalue weighted by Crippen LogP contribution is -2.38. The predicted octanol–water partition coefficient (Wildman–Crippen LogP) is 6.70. The van der Waals surface area contributed by atoms with Gasteiger partial charge in [-0.3, -0.25) is 19.4 Å². The lowest BCUT2D eigenvalue weighted by molar-refractivity contribution is -0.145. The maximum Gasteiger partial charge on any atom is 0.306 e. The number of nitrogens with zero attached hydrogens (tertiary/aromatic N) is 1. The van der Waals surface area contributed by atoms with Crippen LogP contribution in [0.1, 0.15) is 108 Å². The molecule has 0 aliphatic heterocycles. The van der Waals surface area contributed by atoms with Gasteiger partial charge in [0.2, 0.25) is 5.91 Å². The van der Waals surface area contributed by atoms with Crippen LogP contribution in [0.2, 0.25) is 0 Å². The van der Waals surface area contributed by atoms with Crippen molar-refractivity contribution < 1.29 is 19.1 Å². The highest BCUT2D eigenvalue weighted by atomic mass is 16.5. The summed E-state index contributed by atoms with van der Waals surface area (Å²) in [6.45, 7) is 2.46. The fraction of sp³-hybridized carbons (Fsp3) is 0.500. The monoisotopic (exact) mass is 535 g/mol. The van der Waals surface area contributed by atoms with Gasteiger partial charge >= 0.3 is 5.97 Å². The molecule has 1 heterocycles. The summed E-state index contributed by atoms with van der Waals surface area (Å²) in [4.78, 5) is 41.4. The van der Waals surface area contributed by atoms with Crippen molar-refractivity contribution in [1.82, 2.24) is 15.6 Å². The Labute approximate surface area is 233 Å². The minimum Gasteiger partial charge on any atom is -0.461 e. The van der Waals surface area contributed by atoms with E-state index in [1.54, 1.807) is 36.8 Å². The molecular weight excluding hydrogens is 490 g/mol. The molecule has 1 aromatic carbocycles. The van der Waals surface area contributed by atoms with Gasteiger partial charge in [0.1, 0.15) is 12.6 Å². The molecule has 0 aliphatic carbocycles. The lowest BCUT2D eigenvalue weighted by atomic mass is 10.0. The van der Waals surface area contributed by atoms with Gasteiger partial charge in [-0.2, -0.15) is 0 Å². The van der Waals surface area contributed by atoms with Crippen LogP contribution in [0, 0.1) is 0 Å². The first-order valence-corrected chi connectivity index (χ1v) is 14.4. The summed E-state index contributed by atoms with van der Waals surface area (Å²) >= 11 is 0. The number of allylic oxidation sites excluding steroid dienone is 1. The van der Waals surface area contributed by atoms with Crippen molar-refractivity contribution in [3.63, 3.8) is 0 Å². The number of ether oxygens (including phenoxy) is 1. The summed E-state index contributed by atoms with van der Waals surface area (Å²) in [5.74, 6) is -0.672. The van der Waals surface area contributed by atoms with E-state index in [-0.39, 0.29) is 24.4 Å². The molecule has 2 amide bonds. The second kappa shape index (κ2) is 20.5. The molecule has 2 N–H and O–H groups in total. The van der Waals surface area contributed by atoms with E-state index in [2.05, 4.69) is 22.5 Å². The van der Waals surface area contributed by atoms with Gasteiger partial charge < -0.3 is 15.4 Å². The number of aromatic nitrogens is 1. The normalized spacial score (nSPS) is 11.7. The van der Waals surface area contributed by atoms with Crippen LogP contribution in [0.3, 0.4) is 0 Å². The van der Waals surface area contributed by atoms with Crippen molar-refractivity contribution >= 4 is 17.8 Å². The molecule has 0 unspecified atom stereocenters. The number of amides is 2. The summed E-state index contributed by atoms with van der Waals surface area (Å²) in [7, 11) is 0. The molecule has 39 heavy (non-hydrogen) atoms. The highest BCUT2D eigenvalue weighted by molar-refractivity contribution is 5.89. The van der Waals surface area contributed by atoms with E-state index in [1.165, 1.54) is 38.5 Å². The van der Waals surface area contributed by atoms with Crippen LogP contribution in [0.15, 0.2) is 67.1 Å². The second-order valence-corrected chi connectivity index (χ2v) is 9.81. The molecular formula is C32H45N3O4. The average molecular weight is 536 g/mol. The molecule has 0 aliphatic rings. The molecule has 0 saturated carbocycles. The number of benzene rings is 1. The molecule has 7 heteroatoms. The summed E-state index contributed by atoms with van der Waals surface area (Å²) < 4.78 is 5.25. The third-order valence-electron chi connectivity index (χ3n) is 6.45. The number of pyridine rings is 1. The Balaban J connectivity index is 1.67. The summed E-state index contributed by atoms with van der Waals surface area (Å²) in [6, 6.07) is 12.1. The fourth-order valence-electron chi connectivity index (χ4n) is 4.16. The number of esters is 1. The highest BCUT2D eigenvalue weighted by Crippen LogP contribution is 2.15. The van der Waals surface area contributed by atoms with E-state index < -0.39 is 6.04 Å². The van der Waals surface area contributed by atoms with E-state index >= 15 is 0 Å². The fourth-order valence-corrected chi connectivity index (χ4v) is 4.16. The van der Waals surface area contributed by atoms with Gasteiger partial charge in [-0.15, -0.1) is 0 Å². The zero-order valence-electron chi connectivity index (χ0n) is 23.4. The predicted molar refractivity (Wildman–Crippen MR) is 154 cm³/mol. The molecule has 1 aromatic heterocycles. The zero-order valence-corrected chi connectivity index (χ0v) is 23.4. The number of rotatable bonds is 20.